The second-order valence-electron chi connectivity index (χ2n) is 6.95. The van der Waals surface area contributed by atoms with Gasteiger partial charge in [-0.1, -0.05) is 77.4 Å². The molecule has 5 nitrogen and oxygen atoms in total. The number of rotatable bonds is 7. The Balaban J connectivity index is 1.46. The Bertz CT molecular complexity index is 1220. The third kappa shape index (κ3) is 5.21. The van der Waals surface area contributed by atoms with Crippen LogP contribution in [-0.2, 0) is 17.8 Å². The summed E-state index contributed by atoms with van der Waals surface area (Å²) in [5, 5.41) is 15.6. The maximum atomic E-state index is 12.4. The molecule has 4 aromatic rings. The van der Waals surface area contributed by atoms with Crippen molar-refractivity contribution in [2.45, 2.75) is 25.0 Å². The van der Waals surface area contributed by atoms with Crippen molar-refractivity contribution in [2.75, 3.05) is 11.1 Å². The molecule has 0 saturated carbocycles. The number of carbonyl (C=O) groups excluding carboxylic acids is 1. The third-order valence-corrected chi connectivity index (χ3v) is 6.22. The molecule has 0 spiro atoms. The van der Waals surface area contributed by atoms with Crippen LogP contribution in [0, 0.1) is 0 Å². The molecule has 0 aliphatic carbocycles. The number of fused-ring (bicyclic) bond motifs is 1. The van der Waals surface area contributed by atoms with Crippen LogP contribution in [0.5, 0.6) is 0 Å². The molecule has 1 aromatic heterocycles. The molecule has 0 bridgehead atoms. The van der Waals surface area contributed by atoms with Crippen LogP contribution in [-0.4, -0.2) is 26.4 Å². The summed E-state index contributed by atoms with van der Waals surface area (Å²) < 4.78 is 2.05. The van der Waals surface area contributed by atoms with Gasteiger partial charge in [-0.2, -0.15) is 0 Å². The molecule has 1 N–H and O–H groups in total. The Hall–Kier alpha value is -2.54. The average molecular weight is 471 g/mol. The van der Waals surface area contributed by atoms with Crippen LogP contribution in [0.15, 0.2) is 65.8 Å². The topological polar surface area (TPSA) is 59.8 Å². The first-order chi connectivity index (χ1) is 15.0. The van der Waals surface area contributed by atoms with Gasteiger partial charge >= 0.3 is 0 Å². The van der Waals surface area contributed by atoms with Gasteiger partial charge in [-0.25, -0.2) is 0 Å². The van der Waals surface area contributed by atoms with Gasteiger partial charge in [0.05, 0.1) is 5.75 Å². The van der Waals surface area contributed by atoms with E-state index in [-0.39, 0.29) is 11.7 Å². The number of aromatic nitrogens is 3. The number of hydrogen-bond donors (Lipinski definition) is 1. The molecule has 0 aliphatic rings. The second-order valence-corrected chi connectivity index (χ2v) is 8.77. The molecule has 31 heavy (non-hydrogen) atoms. The third-order valence-electron chi connectivity index (χ3n) is 4.82. The monoisotopic (exact) mass is 470 g/mol. The van der Waals surface area contributed by atoms with Gasteiger partial charge in [0.1, 0.15) is 5.82 Å². The van der Waals surface area contributed by atoms with E-state index in [9.17, 15) is 4.79 Å². The van der Waals surface area contributed by atoms with E-state index in [1.54, 1.807) is 18.2 Å². The first-order valence-corrected chi connectivity index (χ1v) is 11.5. The van der Waals surface area contributed by atoms with Crippen molar-refractivity contribution in [1.29, 1.82) is 0 Å². The molecule has 4 rings (SSSR count). The number of nitrogens with zero attached hydrogens (tertiary/aromatic N) is 3. The molecule has 0 radical (unpaired) electrons. The van der Waals surface area contributed by atoms with Gasteiger partial charge in [-0.3, -0.25) is 4.79 Å². The van der Waals surface area contributed by atoms with Gasteiger partial charge in [-0.05, 0) is 41.5 Å². The van der Waals surface area contributed by atoms with Gasteiger partial charge in [-0.15, -0.1) is 10.2 Å². The quantitative estimate of drug-likeness (QED) is 0.332. The molecule has 1 amide bonds. The van der Waals surface area contributed by atoms with E-state index in [0.717, 1.165) is 17.5 Å². The molecule has 0 atom stereocenters. The molecular weight excluding hydrogens is 451 g/mol. The molecule has 0 saturated heterocycles. The summed E-state index contributed by atoms with van der Waals surface area (Å²) >= 11 is 13.3. The first-order valence-electron chi connectivity index (χ1n) is 9.81. The lowest BCUT2D eigenvalue weighted by Crippen LogP contribution is -2.14. The summed E-state index contributed by atoms with van der Waals surface area (Å²) in [6.45, 7) is 2.77. The lowest BCUT2D eigenvalue weighted by Gasteiger charge is -2.10. The van der Waals surface area contributed by atoms with Gasteiger partial charge in [0, 0.05) is 28.7 Å². The highest BCUT2D eigenvalue weighted by molar-refractivity contribution is 7.99. The fourth-order valence-corrected chi connectivity index (χ4v) is 4.79. The lowest BCUT2D eigenvalue weighted by atomic mass is 10.0. The molecule has 0 unspecified atom stereocenters. The highest BCUT2D eigenvalue weighted by Gasteiger charge is 2.15. The summed E-state index contributed by atoms with van der Waals surface area (Å²) in [5.41, 5.74) is 1.77. The summed E-state index contributed by atoms with van der Waals surface area (Å²) in [6, 6.07) is 19.5. The molecule has 158 valence electrons. The minimum Gasteiger partial charge on any atom is -0.325 e. The zero-order valence-corrected chi connectivity index (χ0v) is 19.1. The van der Waals surface area contributed by atoms with Crippen molar-refractivity contribution in [2.24, 2.45) is 0 Å². The van der Waals surface area contributed by atoms with Crippen molar-refractivity contribution in [3.63, 3.8) is 0 Å². The Labute approximate surface area is 194 Å². The number of nitrogens with one attached hydrogen (secondary N) is 1. The lowest BCUT2D eigenvalue weighted by molar-refractivity contribution is -0.113. The van der Waals surface area contributed by atoms with Crippen LogP contribution in [0.1, 0.15) is 18.3 Å². The van der Waals surface area contributed by atoms with Gasteiger partial charge in [0.15, 0.2) is 5.16 Å². The van der Waals surface area contributed by atoms with Crippen LogP contribution >= 0.6 is 35.0 Å². The maximum absolute atomic E-state index is 12.4. The van der Waals surface area contributed by atoms with E-state index in [2.05, 4.69) is 50.4 Å². The Kier molecular flexibility index (Phi) is 6.80. The maximum Gasteiger partial charge on any atom is 0.234 e. The Morgan fingerprint density at radius 1 is 1.03 bits per heavy atom. The van der Waals surface area contributed by atoms with Crippen molar-refractivity contribution in [1.82, 2.24) is 14.8 Å². The predicted octanol–water partition coefficient (Wildman–Crippen LogP) is 6.08. The second kappa shape index (κ2) is 9.73. The summed E-state index contributed by atoms with van der Waals surface area (Å²) in [4.78, 5) is 12.4. The fraction of sp³-hybridized carbons (Fsp3) is 0.174. The number of hydrogen-bond acceptors (Lipinski definition) is 4. The fourth-order valence-electron chi connectivity index (χ4n) is 3.44. The van der Waals surface area contributed by atoms with E-state index in [1.807, 2.05) is 19.1 Å². The van der Waals surface area contributed by atoms with Gasteiger partial charge in [0.25, 0.3) is 0 Å². The van der Waals surface area contributed by atoms with Crippen LogP contribution in [0.25, 0.3) is 10.8 Å². The first kappa shape index (κ1) is 21.7. The molecule has 0 fully saturated rings. The summed E-state index contributed by atoms with van der Waals surface area (Å²) in [7, 11) is 0. The minimum absolute atomic E-state index is 0.162. The van der Waals surface area contributed by atoms with Gasteiger partial charge < -0.3 is 9.88 Å². The number of halogens is 2. The molecule has 1 heterocycles. The number of amides is 1. The minimum atomic E-state index is -0.162. The van der Waals surface area contributed by atoms with E-state index in [0.29, 0.717) is 22.2 Å². The van der Waals surface area contributed by atoms with Crippen molar-refractivity contribution in [3.8, 4) is 0 Å². The normalized spacial score (nSPS) is 11.1. The van der Waals surface area contributed by atoms with Gasteiger partial charge in [0.2, 0.25) is 5.91 Å². The highest BCUT2D eigenvalue weighted by atomic mass is 35.5. The smallest absolute Gasteiger partial charge is 0.234 e. The number of benzene rings is 3. The van der Waals surface area contributed by atoms with E-state index < -0.39 is 0 Å². The summed E-state index contributed by atoms with van der Waals surface area (Å²) in [6.07, 6.45) is 0.677. The highest BCUT2D eigenvalue weighted by Crippen LogP contribution is 2.25. The molecule has 8 heteroatoms. The van der Waals surface area contributed by atoms with Crippen LogP contribution in [0.3, 0.4) is 0 Å². The zero-order chi connectivity index (χ0) is 21.8. The molecule has 0 aliphatic heterocycles. The van der Waals surface area contributed by atoms with E-state index in [4.69, 9.17) is 23.2 Å². The standard InChI is InChI=1S/C23H20Cl2N4OS/c1-2-29-21(10-16-8-5-7-15-6-3-4-9-20(15)16)27-28-23(29)31-14-22(30)26-19-12-17(24)11-18(25)13-19/h3-9,11-13H,2,10,14H2,1H3,(H,26,30). The van der Waals surface area contributed by atoms with Crippen molar-refractivity contribution >= 4 is 57.3 Å². The van der Waals surface area contributed by atoms with E-state index in [1.165, 1.54) is 28.1 Å². The summed E-state index contributed by atoms with van der Waals surface area (Å²) in [5.74, 6) is 0.921. The number of carbonyl (C=O) groups is 1. The van der Waals surface area contributed by atoms with Crippen LogP contribution in [0.2, 0.25) is 10.0 Å². The largest absolute Gasteiger partial charge is 0.325 e. The molecule has 3 aromatic carbocycles. The van der Waals surface area contributed by atoms with Crippen LogP contribution in [0.4, 0.5) is 5.69 Å². The Morgan fingerprint density at radius 3 is 2.55 bits per heavy atom. The zero-order valence-electron chi connectivity index (χ0n) is 16.8. The average Bonchev–Trinajstić information content (AvgIpc) is 3.13. The predicted molar refractivity (Wildman–Crippen MR) is 128 cm³/mol. The van der Waals surface area contributed by atoms with E-state index >= 15 is 0 Å². The van der Waals surface area contributed by atoms with Crippen molar-refractivity contribution < 1.29 is 4.79 Å². The number of thioether (sulfide) groups is 1. The van der Waals surface area contributed by atoms with Crippen molar-refractivity contribution in [3.05, 3.63) is 82.1 Å². The SMILES string of the molecule is CCn1c(Cc2cccc3ccccc23)nnc1SCC(=O)Nc1cc(Cl)cc(Cl)c1. The Morgan fingerprint density at radius 2 is 1.77 bits per heavy atom. The van der Waals surface area contributed by atoms with Crippen LogP contribution < -0.4 is 5.32 Å². The number of anilines is 1. The molecular formula is C23H20Cl2N4OS.